The minimum absolute atomic E-state index is 0.0277. The average molecular weight is 334 g/mol. The van der Waals surface area contributed by atoms with Crippen molar-refractivity contribution in [3.8, 4) is 0 Å². The van der Waals surface area contributed by atoms with Gasteiger partial charge in [0.05, 0.1) is 4.92 Å². The Kier molecular flexibility index (Phi) is 6.54. The number of amides is 1. The predicted molar refractivity (Wildman–Crippen MR) is 93.9 cm³/mol. The largest absolute Gasteiger partial charge is 0.379 e. The number of hydrogen-bond donors (Lipinski definition) is 3. The first kappa shape index (κ1) is 18.2. The number of carbonyl (C=O) groups is 1. The zero-order chi connectivity index (χ0) is 17.5. The topological polar surface area (TPSA) is 110 Å². The second kappa shape index (κ2) is 8.63. The maximum Gasteiger partial charge on any atom is 0.292 e. The number of nitro groups is 1. The van der Waals surface area contributed by atoms with Crippen LogP contribution in [-0.2, 0) is 4.79 Å². The normalized spacial score (nSPS) is 20.4. The molecule has 7 nitrogen and oxygen atoms in total. The van der Waals surface area contributed by atoms with Crippen LogP contribution in [0.3, 0.4) is 0 Å². The lowest BCUT2D eigenvalue weighted by Crippen LogP contribution is -2.38. The molecular weight excluding hydrogens is 308 g/mol. The van der Waals surface area contributed by atoms with Gasteiger partial charge in [0, 0.05) is 31.1 Å². The number of anilines is 1. The van der Waals surface area contributed by atoms with E-state index in [1.54, 1.807) is 12.1 Å². The van der Waals surface area contributed by atoms with Crippen molar-refractivity contribution < 1.29 is 9.72 Å². The summed E-state index contributed by atoms with van der Waals surface area (Å²) in [5.41, 5.74) is 7.35. The number of hydrogen-bond acceptors (Lipinski definition) is 5. The number of aryl methyl sites for hydroxylation is 1. The molecule has 1 amide bonds. The van der Waals surface area contributed by atoms with E-state index in [1.165, 1.54) is 0 Å². The van der Waals surface area contributed by atoms with Gasteiger partial charge in [-0.05, 0) is 44.2 Å². The van der Waals surface area contributed by atoms with Crippen LogP contribution in [0.5, 0.6) is 0 Å². The fourth-order valence-corrected chi connectivity index (χ4v) is 3.08. The molecule has 0 heterocycles. The van der Waals surface area contributed by atoms with Crippen molar-refractivity contribution in [2.24, 2.45) is 11.7 Å². The molecule has 24 heavy (non-hydrogen) atoms. The first-order valence-electron chi connectivity index (χ1n) is 8.49. The molecule has 1 saturated carbocycles. The first-order chi connectivity index (χ1) is 11.5. The van der Waals surface area contributed by atoms with Gasteiger partial charge in [0.15, 0.2) is 0 Å². The van der Waals surface area contributed by atoms with E-state index in [4.69, 9.17) is 5.73 Å². The van der Waals surface area contributed by atoms with Gasteiger partial charge in [-0.1, -0.05) is 12.5 Å². The van der Waals surface area contributed by atoms with Gasteiger partial charge in [0.1, 0.15) is 5.69 Å². The highest BCUT2D eigenvalue weighted by Crippen LogP contribution is 2.25. The van der Waals surface area contributed by atoms with Gasteiger partial charge in [-0.3, -0.25) is 14.9 Å². The summed E-state index contributed by atoms with van der Waals surface area (Å²) in [6, 6.07) is 5.24. The molecule has 0 spiro atoms. The van der Waals surface area contributed by atoms with E-state index in [2.05, 4.69) is 10.6 Å². The van der Waals surface area contributed by atoms with E-state index in [-0.39, 0.29) is 28.5 Å². The summed E-state index contributed by atoms with van der Waals surface area (Å²) >= 11 is 0. The maximum absolute atomic E-state index is 12.1. The Morgan fingerprint density at radius 1 is 1.38 bits per heavy atom. The van der Waals surface area contributed by atoms with Crippen molar-refractivity contribution in [1.29, 1.82) is 0 Å². The van der Waals surface area contributed by atoms with Gasteiger partial charge in [0.2, 0.25) is 5.91 Å². The Morgan fingerprint density at radius 3 is 2.88 bits per heavy atom. The molecule has 4 N–H and O–H groups in total. The molecule has 7 heteroatoms. The standard InChI is InChI=1S/C17H26N4O3/c1-12-6-7-15(16(10-12)21(23)24)19-8-3-9-20-17(22)13-4-2-5-14(18)11-13/h6-7,10,13-14,19H,2-5,8-9,11,18H2,1H3,(H,20,22). The number of rotatable bonds is 7. The van der Waals surface area contributed by atoms with Gasteiger partial charge in [-0.25, -0.2) is 0 Å². The minimum atomic E-state index is -0.385. The Labute approximate surface area is 142 Å². The van der Waals surface area contributed by atoms with Crippen LogP contribution in [-0.4, -0.2) is 30.0 Å². The molecule has 0 aromatic heterocycles. The third-order valence-electron chi connectivity index (χ3n) is 4.40. The molecule has 132 valence electrons. The smallest absolute Gasteiger partial charge is 0.292 e. The van der Waals surface area contributed by atoms with Crippen LogP contribution in [0, 0.1) is 23.0 Å². The van der Waals surface area contributed by atoms with Crippen LogP contribution in [0.25, 0.3) is 0 Å². The van der Waals surface area contributed by atoms with E-state index in [0.29, 0.717) is 25.2 Å². The van der Waals surface area contributed by atoms with Gasteiger partial charge < -0.3 is 16.4 Å². The van der Waals surface area contributed by atoms with E-state index < -0.39 is 0 Å². The number of nitrogens with zero attached hydrogens (tertiary/aromatic N) is 1. The summed E-state index contributed by atoms with van der Waals surface area (Å²) in [6.07, 6.45) is 4.39. The molecule has 1 aromatic rings. The van der Waals surface area contributed by atoms with Crippen LogP contribution in [0.4, 0.5) is 11.4 Å². The van der Waals surface area contributed by atoms with Gasteiger partial charge in [0.25, 0.3) is 5.69 Å². The van der Waals surface area contributed by atoms with E-state index in [0.717, 1.165) is 31.2 Å². The van der Waals surface area contributed by atoms with Crippen molar-refractivity contribution in [2.45, 2.75) is 45.1 Å². The number of nitro benzene ring substituents is 1. The second-order valence-corrected chi connectivity index (χ2v) is 6.47. The molecule has 0 radical (unpaired) electrons. The van der Waals surface area contributed by atoms with Crippen molar-refractivity contribution in [1.82, 2.24) is 5.32 Å². The lowest BCUT2D eigenvalue weighted by molar-refractivity contribution is -0.384. The van der Waals surface area contributed by atoms with Crippen LogP contribution in [0.2, 0.25) is 0 Å². The lowest BCUT2D eigenvalue weighted by Gasteiger charge is -2.25. The highest BCUT2D eigenvalue weighted by atomic mass is 16.6. The summed E-state index contributed by atoms with van der Waals surface area (Å²) in [6.45, 7) is 2.94. The van der Waals surface area contributed by atoms with Crippen molar-refractivity contribution >= 4 is 17.3 Å². The number of nitrogens with one attached hydrogen (secondary N) is 2. The number of carbonyl (C=O) groups excluding carboxylic acids is 1. The number of benzene rings is 1. The Hall–Kier alpha value is -2.15. The summed E-state index contributed by atoms with van der Waals surface area (Å²) in [4.78, 5) is 22.7. The second-order valence-electron chi connectivity index (χ2n) is 6.47. The van der Waals surface area contributed by atoms with Crippen LogP contribution >= 0.6 is 0 Å². The molecule has 1 fully saturated rings. The molecule has 1 aliphatic rings. The van der Waals surface area contributed by atoms with Crippen LogP contribution in [0.15, 0.2) is 18.2 Å². The molecule has 1 aliphatic carbocycles. The molecule has 2 rings (SSSR count). The van der Waals surface area contributed by atoms with Crippen molar-refractivity contribution in [2.75, 3.05) is 18.4 Å². The molecule has 1 aromatic carbocycles. The van der Waals surface area contributed by atoms with Crippen LogP contribution in [0.1, 0.15) is 37.7 Å². The summed E-state index contributed by atoms with van der Waals surface area (Å²) in [5, 5.41) is 17.1. The monoisotopic (exact) mass is 334 g/mol. The van der Waals surface area contributed by atoms with E-state index >= 15 is 0 Å². The summed E-state index contributed by atoms with van der Waals surface area (Å²) in [7, 11) is 0. The Bertz CT molecular complexity index is 591. The minimum Gasteiger partial charge on any atom is -0.379 e. The average Bonchev–Trinajstić information content (AvgIpc) is 2.55. The first-order valence-corrected chi connectivity index (χ1v) is 8.49. The third kappa shape index (κ3) is 5.19. The number of nitrogens with two attached hydrogens (primary N) is 1. The zero-order valence-electron chi connectivity index (χ0n) is 14.1. The fourth-order valence-electron chi connectivity index (χ4n) is 3.08. The van der Waals surface area contributed by atoms with Crippen LogP contribution < -0.4 is 16.4 Å². The quantitative estimate of drug-likeness (QED) is 0.403. The van der Waals surface area contributed by atoms with Crippen molar-refractivity contribution in [3.05, 3.63) is 33.9 Å². The molecule has 2 unspecified atom stereocenters. The van der Waals surface area contributed by atoms with E-state index in [1.807, 2.05) is 13.0 Å². The van der Waals surface area contributed by atoms with Gasteiger partial charge in [-0.2, -0.15) is 0 Å². The predicted octanol–water partition coefficient (Wildman–Crippen LogP) is 2.34. The van der Waals surface area contributed by atoms with Gasteiger partial charge >= 0.3 is 0 Å². The molecule has 2 atom stereocenters. The summed E-state index contributed by atoms with van der Waals surface area (Å²) < 4.78 is 0. The highest BCUT2D eigenvalue weighted by Gasteiger charge is 2.24. The third-order valence-corrected chi connectivity index (χ3v) is 4.40. The molecular formula is C17H26N4O3. The van der Waals surface area contributed by atoms with E-state index in [9.17, 15) is 14.9 Å². The fraction of sp³-hybridized carbons (Fsp3) is 0.588. The maximum atomic E-state index is 12.1. The van der Waals surface area contributed by atoms with Gasteiger partial charge in [-0.15, -0.1) is 0 Å². The summed E-state index contributed by atoms with van der Waals surface area (Å²) in [5.74, 6) is 0.103. The van der Waals surface area contributed by atoms with Crippen molar-refractivity contribution in [3.63, 3.8) is 0 Å². The highest BCUT2D eigenvalue weighted by molar-refractivity contribution is 5.78. The lowest BCUT2D eigenvalue weighted by atomic mass is 9.85. The molecule has 0 aliphatic heterocycles. The zero-order valence-corrected chi connectivity index (χ0v) is 14.1. The Morgan fingerprint density at radius 2 is 2.17 bits per heavy atom. The molecule has 0 saturated heterocycles. The Balaban J connectivity index is 1.72. The SMILES string of the molecule is Cc1ccc(NCCCNC(=O)C2CCCC(N)C2)c([N+](=O)[O-])c1. The molecule has 0 bridgehead atoms.